The van der Waals surface area contributed by atoms with Gasteiger partial charge >= 0.3 is 0 Å². The molecule has 0 bridgehead atoms. The standard InChI is InChI=1S/C10H14N4O2/c11-13-9(15)6-7-10(16)14(12)8-4-2-1-3-5-8/h1-5H,6-7,11-12H2,(H,13,15). The molecule has 1 aromatic carbocycles. The highest BCUT2D eigenvalue weighted by molar-refractivity contribution is 5.94. The molecular formula is C10H14N4O2. The number of rotatable bonds is 4. The van der Waals surface area contributed by atoms with E-state index in [-0.39, 0.29) is 18.7 Å². The third kappa shape index (κ3) is 3.34. The molecule has 0 spiro atoms. The lowest BCUT2D eigenvalue weighted by Gasteiger charge is -2.16. The predicted octanol–water partition coefficient (Wildman–Crippen LogP) is -0.337. The Hall–Kier alpha value is -1.92. The molecule has 6 heteroatoms. The van der Waals surface area contributed by atoms with Crippen LogP contribution in [0.2, 0.25) is 0 Å². The highest BCUT2D eigenvalue weighted by atomic mass is 16.2. The third-order valence-electron chi connectivity index (χ3n) is 2.03. The van der Waals surface area contributed by atoms with Gasteiger partial charge in [-0.15, -0.1) is 0 Å². The molecule has 0 atom stereocenters. The minimum Gasteiger partial charge on any atom is -0.294 e. The number of hydrazine groups is 2. The SMILES string of the molecule is NNC(=O)CCC(=O)N(N)c1ccccc1. The summed E-state index contributed by atoms with van der Waals surface area (Å²) < 4.78 is 0. The van der Waals surface area contributed by atoms with Crippen molar-refractivity contribution in [1.82, 2.24) is 5.43 Å². The molecule has 0 aromatic heterocycles. The Morgan fingerprint density at radius 2 is 1.81 bits per heavy atom. The Morgan fingerprint density at radius 3 is 2.38 bits per heavy atom. The van der Waals surface area contributed by atoms with Crippen LogP contribution in [0.15, 0.2) is 30.3 Å². The van der Waals surface area contributed by atoms with E-state index in [4.69, 9.17) is 11.7 Å². The number of nitrogens with one attached hydrogen (secondary N) is 1. The molecule has 0 heterocycles. The summed E-state index contributed by atoms with van der Waals surface area (Å²) in [4.78, 5) is 22.4. The van der Waals surface area contributed by atoms with Crippen LogP contribution in [0.25, 0.3) is 0 Å². The lowest BCUT2D eigenvalue weighted by molar-refractivity contribution is -0.125. The van der Waals surface area contributed by atoms with Crippen molar-refractivity contribution < 1.29 is 9.59 Å². The van der Waals surface area contributed by atoms with Gasteiger partial charge in [0, 0.05) is 12.8 Å². The van der Waals surface area contributed by atoms with Crippen molar-refractivity contribution in [1.29, 1.82) is 0 Å². The predicted molar refractivity (Wildman–Crippen MR) is 59.7 cm³/mol. The Kier molecular flexibility index (Phi) is 4.43. The smallest absolute Gasteiger partial charge is 0.241 e. The normalized spacial score (nSPS) is 9.62. The van der Waals surface area contributed by atoms with Crippen molar-refractivity contribution in [3.05, 3.63) is 30.3 Å². The fraction of sp³-hybridized carbons (Fsp3) is 0.200. The van der Waals surface area contributed by atoms with Gasteiger partial charge in [0.05, 0.1) is 5.69 Å². The summed E-state index contributed by atoms with van der Waals surface area (Å²) in [7, 11) is 0. The first-order valence-electron chi connectivity index (χ1n) is 4.77. The average molecular weight is 222 g/mol. The molecule has 86 valence electrons. The lowest BCUT2D eigenvalue weighted by Crippen LogP contribution is -2.38. The van der Waals surface area contributed by atoms with E-state index in [9.17, 15) is 9.59 Å². The van der Waals surface area contributed by atoms with Gasteiger partial charge in [0.15, 0.2) is 0 Å². The number of anilines is 1. The fourth-order valence-electron chi connectivity index (χ4n) is 1.15. The number of para-hydroxylation sites is 1. The lowest BCUT2D eigenvalue weighted by atomic mass is 10.2. The number of hydrogen-bond donors (Lipinski definition) is 3. The molecule has 6 nitrogen and oxygen atoms in total. The summed E-state index contributed by atoms with van der Waals surface area (Å²) in [5.74, 6) is 9.74. The van der Waals surface area contributed by atoms with Crippen LogP contribution in [-0.2, 0) is 9.59 Å². The zero-order valence-electron chi connectivity index (χ0n) is 8.72. The zero-order chi connectivity index (χ0) is 12.0. The van der Waals surface area contributed by atoms with Crippen LogP contribution in [-0.4, -0.2) is 11.8 Å². The maximum absolute atomic E-state index is 11.5. The number of carbonyl (C=O) groups is 2. The van der Waals surface area contributed by atoms with Gasteiger partial charge in [-0.2, -0.15) is 0 Å². The van der Waals surface area contributed by atoms with Gasteiger partial charge in [0.25, 0.3) is 0 Å². The number of nitrogens with zero attached hydrogens (tertiary/aromatic N) is 1. The first kappa shape index (κ1) is 12.2. The van der Waals surface area contributed by atoms with Crippen LogP contribution >= 0.6 is 0 Å². The quantitative estimate of drug-likeness (QED) is 0.368. The van der Waals surface area contributed by atoms with Crippen molar-refractivity contribution in [2.45, 2.75) is 12.8 Å². The molecular weight excluding hydrogens is 208 g/mol. The molecule has 5 N–H and O–H groups in total. The summed E-state index contributed by atoms with van der Waals surface area (Å²) in [5, 5.41) is 1.02. The fourth-order valence-corrected chi connectivity index (χ4v) is 1.15. The van der Waals surface area contributed by atoms with Gasteiger partial charge in [-0.25, -0.2) is 16.7 Å². The van der Waals surface area contributed by atoms with Crippen molar-refractivity contribution in [3.8, 4) is 0 Å². The Balaban J connectivity index is 2.52. The van der Waals surface area contributed by atoms with Crippen LogP contribution in [0, 0.1) is 0 Å². The molecule has 0 aliphatic rings. The molecule has 0 radical (unpaired) electrons. The number of nitrogens with two attached hydrogens (primary N) is 2. The summed E-state index contributed by atoms with van der Waals surface area (Å²) in [6.45, 7) is 0. The second-order valence-corrected chi connectivity index (χ2v) is 3.17. The molecule has 0 saturated carbocycles. The summed E-state index contributed by atoms with van der Waals surface area (Å²) >= 11 is 0. The Bertz CT molecular complexity index is 366. The van der Waals surface area contributed by atoms with Crippen LogP contribution < -0.4 is 22.1 Å². The van der Waals surface area contributed by atoms with Crippen molar-refractivity contribution in [2.24, 2.45) is 11.7 Å². The van der Waals surface area contributed by atoms with E-state index >= 15 is 0 Å². The van der Waals surface area contributed by atoms with E-state index < -0.39 is 5.91 Å². The molecule has 2 amide bonds. The summed E-state index contributed by atoms with van der Waals surface area (Å²) in [6.07, 6.45) is 0.0459. The van der Waals surface area contributed by atoms with Gasteiger partial charge in [0.1, 0.15) is 0 Å². The third-order valence-corrected chi connectivity index (χ3v) is 2.03. The van der Waals surface area contributed by atoms with Crippen LogP contribution in [0.3, 0.4) is 0 Å². The van der Waals surface area contributed by atoms with Gasteiger partial charge in [-0.3, -0.25) is 15.0 Å². The van der Waals surface area contributed by atoms with Crippen LogP contribution in [0.1, 0.15) is 12.8 Å². The van der Waals surface area contributed by atoms with Gasteiger partial charge in [-0.1, -0.05) is 18.2 Å². The molecule has 0 fully saturated rings. The summed E-state index contributed by atoms with van der Waals surface area (Å²) in [5.41, 5.74) is 2.53. The van der Waals surface area contributed by atoms with E-state index in [0.717, 1.165) is 5.01 Å². The Labute approximate surface area is 93.1 Å². The first-order chi connectivity index (χ1) is 7.65. The molecule has 1 rings (SSSR count). The number of carbonyl (C=O) groups excluding carboxylic acids is 2. The topological polar surface area (TPSA) is 101 Å². The molecule has 16 heavy (non-hydrogen) atoms. The van der Waals surface area contributed by atoms with Gasteiger partial charge in [0.2, 0.25) is 11.8 Å². The van der Waals surface area contributed by atoms with Crippen LogP contribution in [0.4, 0.5) is 5.69 Å². The van der Waals surface area contributed by atoms with Crippen molar-refractivity contribution >= 4 is 17.5 Å². The summed E-state index contributed by atoms with van der Waals surface area (Å²) in [6, 6.07) is 8.79. The van der Waals surface area contributed by atoms with Gasteiger partial charge < -0.3 is 0 Å². The highest BCUT2D eigenvalue weighted by Gasteiger charge is 2.12. The largest absolute Gasteiger partial charge is 0.294 e. The van der Waals surface area contributed by atoms with Crippen molar-refractivity contribution in [3.63, 3.8) is 0 Å². The number of amides is 2. The van der Waals surface area contributed by atoms with E-state index in [2.05, 4.69) is 0 Å². The maximum Gasteiger partial charge on any atom is 0.241 e. The molecule has 1 aromatic rings. The van der Waals surface area contributed by atoms with Gasteiger partial charge in [-0.05, 0) is 12.1 Å². The molecule has 0 aliphatic heterocycles. The minimum atomic E-state index is -0.394. The maximum atomic E-state index is 11.5. The second-order valence-electron chi connectivity index (χ2n) is 3.17. The molecule has 0 aliphatic carbocycles. The number of benzene rings is 1. The molecule has 0 saturated heterocycles. The zero-order valence-corrected chi connectivity index (χ0v) is 8.72. The molecule has 0 unspecified atom stereocenters. The average Bonchev–Trinajstić information content (AvgIpc) is 2.35. The van der Waals surface area contributed by atoms with E-state index in [1.807, 2.05) is 11.5 Å². The van der Waals surface area contributed by atoms with Crippen LogP contribution in [0.5, 0.6) is 0 Å². The first-order valence-corrected chi connectivity index (χ1v) is 4.77. The van der Waals surface area contributed by atoms with E-state index in [1.54, 1.807) is 24.3 Å². The highest BCUT2D eigenvalue weighted by Crippen LogP contribution is 2.10. The Morgan fingerprint density at radius 1 is 1.19 bits per heavy atom. The minimum absolute atomic E-state index is 0.0222. The monoisotopic (exact) mass is 222 g/mol. The van der Waals surface area contributed by atoms with Crippen molar-refractivity contribution in [2.75, 3.05) is 5.01 Å². The number of hydrogen-bond acceptors (Lipinski definition) is 4. The van der Waals surface area contributed by atoms with E-state index in [1.165, 1.54) is 0 Å². The second kappa shape index (κ2) is 5.84. The van der Waals surface area contributed by atoms with E-state index in [0.29, 0.717) is 5.69 Å².